The van der Waals surface area contributed by atoms with Crippen molar-refractivity contribution in [2.75, 3.05) is 39.9 Å². The topological polar surface area (TPSA) is 32.8 Å². The third-order valence-electron chi connectivity index (χ3n) is 4.32. The normalized spacial score (nSPS) is 26.5. The summed E-state index contributed by atoms with van der Waals surface area (Å²) in [6, 6.07) is 4.65. The van der Waals surface area contributed by atoms with E-state index in [2.05, 4.69) is 11.9 Å². The Hall–Kier alpha value is -1.46. The molecule has 2 aliphatic heterocycles. The molecule has 4 nitrogen and oxygen atoms in total. The highest BCUT2D eigenvalue weighted by Gasteiger charge is 2.35. The lowest BCUT2D eigenvalue weighted by atomic mass is 10.1. The zero-order valence-electron chi connectivity index (χ0n) is 12.5. The molecule has 2 aliphatic rings. The summed E-state index contributed by atoms with van der Waals surface area (Å²) >= 11 is 0. The predicted molar refractivity (Wildman–Crippen MR) is 77.8 cm³/mol. The van der Waals surface area contributed by atoms with Crippen molar-refractivity contribution < 1.29 is 13.9 Å². The lowest BCUT2D eigenvalue weighted by Gasteiger charge is -2.29. The monoisotopic (exact) mass is 292 g/mol. The van der Waals surface area contributed by atoms with Gasteiger partial charge in [0.25, 0.3) is 5.91 Å². The highest BCUT2D eigenvalue weighted by Crippen LogP contribution is 2.21. The molecule has 2 atom stereocenters. The summed E-state index contributed by atoms with van der Waals surface area (Å²) < 4.78 is 19.1. The number of hydrogen-bond acceptors (Lipinski definition) is 3. The third-order valence-corrected chi connectivity index (χ3v) is 4.32. The molecular formula is C16H21FN2O2. The number of likely N-dealkylation sites (N-methyl/N-ethyl adjacent to an activating group) is 1. The average Bonchev–Trinajstić information content (AvgIpc) is 2.71. The minimum absolute atomic E-state index is 0.0195. The van der Waals surface area contributed by atoms with Gasteiger partial charge in [-0.05, 0) is 37.7 Å². The van der Waals surface area contributed by atoms with Crippen molar-refractivity contribution in [3.63, 3.8) is 0 Å². The summed E-state index contributed by atoms with van der Waals surface area (Å²) in [7, 11) is 2.08. The van der Waals surface area contributed by atoms with E-state index in [1.807, 2.05) is 4.90 Å². The number of hydrogen-bond donors (Lipinski definition) is 0. The number of rotatable bonds is 1. The minimum atomic E-state index is -0.274. The molecule has 1 aromatic carbocycles. The quantitative estimate of drug-likeness (QED) is 0.787. The van der Waals surface area contributed by atoms with Gasteiger partial charge in [0.2, 0.25) is 0 Å². The Balaban J connectivity index is 1.87. The van der Waals surface area contributed by atoms with E-state index in [1.165, 1.54) is 6.07 Å². The van der Waals surface area contributed by atoms with Gasteiger partial charge in [0.1, 0.15) is 5.82 Å². The molecule has 3 rings (SSSR count). The average molecular weight is 292 g/mol. The molecule has 5 heteroatoms. The van der Waals surface area contributed by atoms with Crippen molar-refractivity contribution >= 4 is 5.91 Å². The number of amides is 1. The Bertz CT molecular complexity index is 549. The molecule has 1 aromatic rings. The van der Waals surface area contributed by atoms with Gasteiger partial charge in [-0.25, -0.2) is 4.39 Å². The Labute approximate surface area is 124 Å². The summed E-state index contributed by atoms with van der Waals surface area (Å²) in [6.07, 6.45) is 0. The van der Waals surface area contributed by atoms with E-state index in [4.69, 9.17) is 4.74 Å². The van der Waals surface area contributed by atoms with Gasteiger partial charge in [-0.3, -0.25) is 4.79 Å². The number of fused-ring (bicyclic) bond motifs is 3. The first-order valence-corrected chi connectivity index (χ1v) is 7.38. The largest absolute Gasteiger partial charge is 0.379 e. The molecule has 0 aromatic heterocycles. The number of aryl methyl sites for hydroxylation is 1. The molecule has 2 saturated heterocycles. The van der Waals surface area contributed by atoms with E-state index in [-0.39, 0.29) is 17.8 Å². The van der Waals surface area contributed by atoms with Crippen LogP contribution in [0.5, 0.6) is 0 Å². The summed E-state index contributed by atoms with van der Waals surface area (Å²) in [5.41, 5.74) is 1.07. The second-order valence-electron chi connectivity index (χ2n) is 6.20. The molecule has 0 saturated carbocycles. The second kappa shape index (κ2) is 5.73. The lowest BCUT2D eigenvalue weighted by Crippen LogP contribution is -2.46. The summed E-state index contributed by atoms with van der Waals surface area (Å²) in [4.78, 5) is 17.0. The smallest absolute Gasteiger partial charge is 0.254 e. The van der Waals surface area contributed by atoms with Crippen LogP contribution >= 0.6 is 0 Å². The van der Waals surface area contributed by atoms with Gasteiger partial charge in [-0.2, -0.15) is 0 Å². The molecule has 0 N–H and O–H groups in total. The van der Waals surface area contributed by atoms with Gasteiger partial charge >= 0.3 is 0 Å². The van der Waals surface area contributed by atoms with Crippen LogP contribution in [0.3, 0.4) is 0 Å². The van der Waals surface area contributed by atoms with Gasteiger partial charge in [0, 0.05) is 31.1 Å². The SMILES string of the molecule is Cc1cc(C(=O)N2C[C@H]3COC[C@@H]2CN(C)C3)ccc1F. The number of carbonyl (C=O) groups excluding carboxylic acids is 1. The fraction of sp³-hybridized carbons (Fsp3) is 0.562. The first kappa shape index (κ1) is 14.5. The van der Waals surface area contributed by atoms with Crippen LogP contribution in [0.1, 0.15) is 15.9 Å². The molecule has 0 spiro atoms. The van der Waals surface area contributed by atoms with Gasteiger partial charge in [-0.15, -0.1) is 0 Å². The highest BCUT2D eigenvalue weighted by atomic mass is 19.1. The van der Waals surface area contributed by atoms with Gasteiger partial charge < -0.3 is 14.5 Å². The fourth-order valence-electron chi connectivity index (χ4n) is 3.27. The van der Waals surface area contributed by atoms with Crippen molar-refractivity contribution in [3.05, 3.63) is 35.1 Å². The molecule has 21 heavy (non-hydrogen) atoms. The summed E-state index contributed by atoms with van der Waals surface area (Å²) in [5, 5.41) is 0. The second-order valence-corrected chi connectivity index (χ2v) is 6.20. The van der Waals surface area contributed by atoms with Crippen molar-refractivity contribution in [1.82, 2.24) is 9.80 Å². The number of ether oxygens (including phenoxy) is 1. The first-order valence-electron chi connectivity index (χ1n) is 7.38. The lowest BCUT2D eigenvalue weighted by molar-refractivity contribution is 0.0483. The van der Waals surface area contributed by atoms with Crippen LogP contribution in [-0.4, -0.2) is 61.6 Å². The van der Waals surface area contributed by atoms with Crippen LogP contribution in [0, 0.1) is 18.7 Å². The molecule has 2 heterocycles. The standard InChI is InChI=1S/C16H21FN2O2/c1-11-5-13(3-4-15(11)17)16(20)19-7-12-6-18(2)8-14(19)10-21-9-12/h3-5,12,14H,6-10H2,1-2H3/t12-,14-/m0/s1. The zero-order chi connectivity index (χ0) is 15.0. The minimum Gasteiger partial charge on any atom is -0.379 e. The van der Waals surface area contributed by atoms with E-state index in [0.29, 0.717) is 36.8 Å². The molecule has 2 fully saturated rings. The summed E-state index contributed by atoms with van der Waals surface area (Å²) in [5.74, 6) is 0.0473. The fourth-order valence-corrected chi connectivity index (χ4v) is 3.27. The predicted octanol–water partition coefficient (Wildman–Crippen LogP) is 1.54. The highest BCUT2D eigenvalue weighted by molar-refractivity contribution is 5.94. The van der Waals surface area contributed by atoms with Gasteiger partial charge in [-0.1, -0.05) is 0 Å². The van der Waals surface area contributed by atoms with Gasteiger partial charge in [0.15, 0.2) is 0 Å². The maximum Gasteiger partial charge on any atom is 0.254 e. The van der Waals surface area contributed by atoms with Crippen LogP contribution in [-0.2, 0) is 4.74 Å². The molecule has 114 valence electrons. The maximum atomic E-state index is 13.4. The van der Waals surface area contributed by atoms with Crippen molar-refractivity contribution in [2.24, 2.45) is 5.92 Å². The van der Waals surface area contributed by atoms with Crippen LogP contribution in [0.15, 0.2) is 18.2 Å². The van der Waals surface area contributed by atoms with Gasteiger partial charge in [0.05, 0.1) is 19.3 Å². The zero-order valence-corrected chi connectivity index (χ0v) is 12.5. The van der Waals surface area contributed by atoms with Crippen molar-refractivity contribution in [1.29, 1.82) is 0 Å². The van der Waals surface area contributed by atoms with Crippen LogP contribution in [0.4, 0.5) is 4.39 Å². The van der Waals surface area contributed by atoms with Crippen LogP contribution in [0.2, 0.25) is 0 Å². The van der Waals surface area contributed by atoms with Crippen LogP contribution < -0.4 is 0 Å². The number of carbonyl (C=O) groups is 1. The van der Waals surface area contributed by atoms with E-state index in [9.17, 15) is 9.18 Å². The maximum absolute atomic E-state index is 13.4. The number of nitrogens with zero attached hydrogens (tertiary/aromatic N) is 2. The summed E-state index contributed by atoms with van der Waals surface area (Å²) in [6.45, 7) is 5.44. The molecule has 2 bridgehead atoms. The Morgan fingerprint density at radius 2 is 2.10 bits per heavy atom. The Morgan fingerprint density at radius 3 is 2.86 bits per heavy atom. The van der Waals surface area contributed by atoms with E-state index in [0.717, 1.165) is 13.1 Å². The third kappa shape index (κ3) is 2.94. The Morgan fingerprint density at radius 1 is 1.29 bits per heavy atom. The van der Waals surface area contributed by atoms with E-state index >= 15 is 0 Å². The van der Waals surface area contributed by atoms with Crippen molar-refractivity contribution in [2.45, 2.75) is 13.0 Å². The van der Waals surface area contributed by atoms with E-state index in [1.54, 1.807) is 19.1 Å². The molecular weight excluding hydrogens is 271 g/mol. The number of halogens is 1. The molecule has 1 amide bonds. The molecule has 0 aliphatic carbocycles. The Kier molecular flexibility index (Phi) is 3.95. The number of benzene rings is 1. The molecule has 0 radical (unpaired) electrons. The molecule has 0 unspecified atom stereocenters. The van der Waals surface area contributed by atoms with Crippen LogP contribution in [0.25, 0.3) is 0 Å². The van der Waals surface area contributed by atoms with E-state index < -0.39 is 0 Å². The van der Waals surface area contributed by atoms with Crippen molar-refractivity contribution in [3.8, 4) is 0 Å². The first-order chi connectivity index (χ1) is 10.0.